The maximum Gasteiger partial charge on any atom is 0.115 e. The summed E-state index contributed by atoms with van der Waals surface area (Å²) in [5.41, 5.74) is 0. The Morgan fingerprint density at radius 2 is 1.90 bits per heavy atom. The van der Waals surface area contributed by atoms with E-state index < -0.39 is 0 Å². The second-order valence-electron chi connectivity index (χ2n) is 3.15. The standard InChI is InChI=1S/C8H15BrO/c1-4-7-5(2)6(3)8(9)10-7/h5-8H,4H2,1-3H3/t5-,6-,7+,8?/m0/s1. The number of alkyl halides is 1. The number of hydrogen-bond donors (Lipinski definition) is 0. The second kappa shape index (κ2) is 3.22. The molecule has 0 aromatic carbocycles. The molecule has 0 spiro atoms. The highest BCUT2D eigenvalue weighted by Crippen LogP contribution is 2.36. The molecule has 1 nitrogen and oxygen atoms in total. The molecule has 1 aliphatic rings. The minimum atomic E-state index is 0.285. The van der Waals surface area contributed by atoms with Crippen molar-refractivity contribution in [2.45, 2.75) is 38.3 Å². The van der Waals surface area contributed by atoms with E-state index in [-0.39, 0.29) is 5.01 Å². The molecule has 0 aromatic heterocycles. The highest BCUT2D eigenvalue weighted by atomic mass is 79.9. The van der Waals surface area contributed by atoms with Gasteiger partial charge in [0.25, 0.3) is 0 Å². The Morgan fingerprint density at radius 1 is 1.30 bits per heavy atom. The van der Waals surface area contributed by atoms with Crippen LogP contribution in [0.3, 0.4) is 0 Å². The fourth-order valence-corrected chi connectivity index (χ4v) is 2.22. The molecule has 4 atom stereocenters. The third-order valence-electron chi connectivity index (χ3n) is 2.54. The van der Waals surface area contributed by atoms with Crippen LogP contribution in [0.15, 0.2) is 0 Å². The van der Waals surface area contributed by atoms with Crippen LogP contribution in [0.5, 0.6) is 0 Å². The molecule has 10 heavy (non-hydrogen) atoms. The van der Waals surface area contributed by atoms with Crippen LogP contribution in [0.4, 0.5) is 0 Å². The third-order valence-corrected chi connectivity index (χ3v) is 3.59. The van der Waals surface area contributed by atoms with E-state index in [1.54, 1.807) is 0 Å². The van der Waals surface area contributed by atoms with E-state index in [1.165, 1.54) is 0 Å². The summed E-state index contributed by atoms with van der Waals surface area (Å²) in [6.45, 7) is 6.68. The molecule has 1 aliphatic heterocycles. The van der Waals surface area contributed by atoms with Crippen LogP contribution in [0.1, 0.15) is 27.2 Å². The van der Waals surface area contributed by atoms with Crippen molar-refractivity contribution in [2.24, 2.45) is 11.8 Å². The summed E-state index contributed by atoms with van der Waals surface area (Å²) < 4.78 is 5.65. The van der Waals surface area contributed by atoms with Crippen molar-refractivity contribution < 1.29 is 4.74 Å². The Labute approximate surface area is 71.3 Å². The molecule has 0 radical (unpaired) electrons. The van der Waals surface area contributed by atoms with Gasteiger partial charge in [0.1, 0.15) is 5.01 Å². The van der Waals surface area contributed by atoms with Crippen molar-refractivity contribution in [1.29, 1.82) is 0 Å². The van der Waals surface area contributed by atoms with E-state index in [1.807, 2.05) is 0 Å². The fraction of sp³-hybridized carbons (Fsp3) is 1.00. The van der Waals surface area contributed by atoms with Gasteiger partial charge in [-0.2, -0.15) is 0 Å². The molecule has 0 N–H and O–H groups in total. The first-order valence-electron chi connectivity index (χ1n) is 3.96. The van der Waals surface area contributed by atoms with Crippen LogP contribution >= 0.6 is 15.9 Å². The lowest BCUT2D eigenvalue weighted by Gasteiger charge is -2.12. The predicted octanol–water partition coefficient (Wildman–Crippen LogP) is 2.79. The smallest absolute Gasteiger partial charge is 0.115 e. The molecular formula is C8H15BrO. The Balaban J connectivity index is 2.53. The minimum Gasteiger partial charge on any atom is -0.363 e. The minimum absolute atomic E-state index is 0.285. The predicted molar refractivity (Wildman–Crippen MR) is 46.2 cm³/mol. The van der Waals surface area contributed by atoms with Gasteiger partial charge < -0.3 is 4.74 Å². The molecule has 60 valence electrons. The van der Waals surface area contributed by atoms with E-state index in [0.717, 1.165) is 6.42 Å². The molecule has 2 heteroatoms. The van der Waals surface area contributed by atoms with Crippen LogP contribution < -0.4 is 0 Å². The first-order valence-corrected chi connectivity index (χ1v) is 4.88. The molecule has 0 saturated carbocycles. The van der Waals surface area contributed by atoms with Gasteiger partial charge in [0.2, 0.25) is 0 Å². The zero-order valence-electron chi connectivity index (χ0n) is 6.80. The van der Waals surface area contributed by atoms with Crippen LogP contribution in [-0.2, 0) is 4.74 Å². The molecular weight excluding hydrogens is 192 g/mol. The summed E-state index contributed by atoms with van der Waals surface area (Å²) in [7, 11) is 0. The lowest BCUT2D eigenvalue weighted by atomic mass is 9.93. The lowest BCUT2D eigenvalue weighted by Crippen LogP contribution is -2.14. The number of halogens is 1. The summed E-state index contributed by atoms with van der Waals surface area (Å²) in [5.74, 6) is 1.36. The van der Waals surface area contributed by atoms with Gasteiger partial charge >= 0.3 is 0 Å². The van der Waals surface area contributed by atoms with E-state index >= 15 is 0 Å². The first kappa shape index (κ1) is 8.54. The van der Waals surface area contributed by atoms with Crippen molar-refractivity contribution in [3.8, 4) is 0 Å². The molecule has 1 unspecified atom stereocenters. The van der Waals surface area contributed by atoms with Gasteiger partial charge in [-0.3, -0.25) is 0 Å². The molecule has 1 fully saturated rings. The van der Waals surface area contributed by atoms with Gasteiger partial charge in [-0.05, 0) is 18.3 Å². The van der Waals surface area contributed by atoms with Crippen LogP contribution in [0.25, 0.3) is 0 Å². The Bertz CT molecular complexity index is 116. The second-order valence-corrected chi connectivity index (χ2v) is 4.05. The van der Waals surface area contributed by atoms with E-state index in [9.17, 15) is 0 Å². The Kier molecular flexibility index (Phi) is 2.75. The highest BCUT2D eigenvalue weighted by molar-refractivity contribution is 9.09. The van der Waals surface area contributed by atoms with Crippen LogP contribution in [0, 0.1) is 11.8 Å². The Morgan fingerprint density at radius 3 is 2.10 bits per heavy atom. The zero-order chi connectivity index (χ0) is 7.72. The average molecular weight is 207 g/mol. The first-order chi connectivity index (χ1) is 4.66. The quantitative estimate of drug-likeness (QED) is 0.600. The van der Waals surface area contributed by atoms with E-state index in [2.05, 4.69) is 36.7 Å². The van der Waals surface area contributed by atoms with Gasteiger partial charge in [-0.25, -0.2) is 0 Å². The molecule has 0 aliphatic carbocycles. The maximum absolute atomic E-state index is 5.65. The van der Waals surface area contributed by atoms with Gasteiger partial charge in [-0.15, -0.1) is 0 Å². The van der Waals surface area contributed by atoms with Gasteiger partial charge in [-0.1, -0.05) is 36.7 Å². The van der Waals surface area contributed by atoms with Crippen molar-refractivity contribution in [3.05, 3.63) is 0 Å². The lowest BCUT2D eigenvalue weighted by molar-refractivity contribution is 0.0768. The summed E-state index contributed by atoms with van der Waals surface area (Å²) >= 11 is 3.50. The fourth-order valence-electron chi connectivity index (χ4n) is 1.46. The molecule has 1 heterocycles. The molecule has 0 aromatic rings. The summed E-state index contributed by atoms with van der Waals surface area (Å²) in [4.78, 5) is 0. The van der Waals surface area contributed by atoms with Crippen molar-refractivity contribution in [2.75, 3.05) is 0 Å². The normalized spacial score (nSPS) is 48.0. The zero-order valence-corrected chi connectivity index (χ0v) is 8.39. The average Bonchev–Trinajstić information content (AvgIpc) is 2.17. The van der Waals surface area contributed by atoms with Crippen molar-refractivity contribution in [3.63, 3.8) is 0 Å². The van der Waals surface area contributed by atoms with Crippen LogP contribution in [-0.4, -0.2) is 11.1 Å². The molecule has 1 saturated heterocycles. The largest absolute Gasteiger partial charge is 0.363 e. The number of rotatable bonds is 1. The summed E-state index contributed by atoms with van der Waals surface area (Å²) in [5, 5.41) is 0.285. The number of hydrogen-bond acceptors (Lipinski definition) is 1. The van der Waals surface area contributed by atoms with Gasteiger partial charge in [0.15, 0.2) is 0 Å². The molecule has 1 rings (SSSR count). The van der Waals surface area contributed by atoms with E-state index in [4.69, 9.17) is 4.74 Å². The highest BCUT2D eigenvalue weighted by Gasteiger charge is 2.35. The van der Waals surface area contributed by atoms with Crippen LogP contribution in [0.2, 0.25) is 0 Å². The topological polar surface area (TPSA) is 9.23 Å². The summed E-state index contributed by atoms with van der Waals surface area (Å²) in [6.07, 6.45) is 1.60. The monoisotopic (exact) mass is 206 g/mol. The summed E-state index contributed by atoms with van der Waals surface area (Å²) in [6, 6.07) is 0. The van der Waals surface area contributed by atoms with Crippen molar-refractivity contribution >= 4 is 15.9 Å². The maximum atomic E-state index is 5.65. The molecule has 0 bridgehead atoms. The third kappa shape index (κ3) is 1.37. The van der Waals surface area contributed by atoms with Gasteiger partial charge in [0, 0.05) is 0 Å². The van der Waals surface area contributed by atoms with Crippen molar-refractivity contribution in [1.82, 2.24) is 0 Å². The SMILES string of the molecule is CC[C@H]1OC(Br)[C@@H](C)[C@@H]1C. The molecule has 0 amide bonds. The Hall–Kier alpha value is 0.440. The van der Waals surface area contributed by atoms with Gasteiger partial charge in [0.05, 0.1) is 6.10 Å². The van der Waals surface area contributed by atoms with E-state index in [0.29, 0.717) is 17.9 Å². The number of ether oxygens (including phenoxy) is 1.